The Morgan fingerprint density at radius 3 is 2.44 bits per heavy atom. The van der Waals surface area contributed by atoms with Crippen molar-refractivity contribution in [2.75, 3.05) is 5.32 Å². The molecule has 0 aliphatic carbocycles. The summed E-state index contributed by atoms with van der Waals surface area (Å²) < 4.78 is 0.835. The second kappa shape index (κ2) is 5.25. The van der Waals surface area contributed by atoms with Crippen molar-refractivity contribution in [2.45, 2.75) is 27.2 Å². The van der Waals surface area contributed by atoms with Crippen LogP contribution in [0.5, 0.6) is 0 Å². The Balaban J connectivity index is 2.89. The maximum Gasteiger partial charge on any atom is 0.231 e. The molecule has 4 heteroatoms. The highest BCUT2D eigenvalue weighted by atomic mass is 79.9. The highest BCUT2D eigenvalue weighted by molar-refractivity contribution is 9.10. The van der Waals surface area contributed by atoms with Gasteiger partial charge in [0.15, 0.2) is 0 Å². The van der Waals surface area contributed by atoms with Crippen molar-refractivity contribution in [3.63, 3.8) is 0 Å². The smallest absolute Gasteiger partial charge is 0.231 e. The van der Waals surface area contributed by atoms with Crippen LogP contribution in [0.15, 0.2) is 16.6 Å². The highest BCUT2D eigenvalue weighted by Gasteiger charge is 2.10. The van der Waals surface area contributed by atoms with Gasteiger partial charge < -0.3 is 5.32 Å². The van der Waals surface area contributed by atoms with E-state index in [1.54, 1.807) is 0 Å². The molecule has 86 valence electrons. The summed E-state index contributed by atoms with van der Waals surface area (Å²) in [6.07, 6.45) is -0.0836. The molecule has 0 saturated carbocycles. The molecule has 0 saturated heterocycles. The fraction of sp³-hybridized carbons (Fsp3) is 0.333. The summed E-state index contributed by atoms with van der Waals surface area (Å²) in [5, 5.41) is 2.73. The fourth-order valence-electron chi connectivity index (χ4n) is 1.48. The van der Waals surface area contributed by atoms with Crippen molar-refractivity contribution in [3.05, 3.63) is 27.7 Å². The third-order valence-corrected chi connectivity index (χ3v) is 2.73. The predicted octanol–water partition coefficient (Wildman–Crippen LogP) is 2.98. The van der Waals surface area contributed by atoms with Gasteiger partial charge in [-0.1, -0.05) is 6.07 Å². The zero-order chi connectivity index (χ0) is 12.3. The van der Waals surface area contributed by atoms with Crippen molar-refractivity contribution < 1.29 is 9.59 Å². The van der Waals surface area contributed by atoms with Gasteiger partial charge in [-0.15, -0.1) is 0 Å². The SMILES string of the molecule is CC(=O)CC(=O)Nc1c(C)cc(C)cc1Br. The maximum atomic E-state index is 11.5. The summed E-state index contributed by atoms with van der Waals surface area (Å²) in [5.74, 6) is -0.418. The Morgan fingerprint density at radius 1 is 1.31 bits per heavy atom. The third-order valence-electron chi connectivity index (χ3n) is 2.11. The van der Waals surface area contributed by atoms with Gasteiger partial charge in [0.1, 0.15) is 5.78 Å². The van der Waals surface area contributed by atoms with Crippen molar-refractivity contribution in [1.29, 1.82) is 0 Å². The summed E-state index contributed by atoms with van der Waals surface area (Å²) in [4.78, 5) is 22.3. The second-order valence-electron chi connectivity index (χ2n) is 3.87. The molecule has 0 aromatic heterocycles. The number of hydrogen-bond donors (Lipinski definition) is 1. The number of ketones is 1. The molecule has 1 aromatic carbocycles. The molecule has 0 fully saturated rings. The Kier molecular flexibility index (Phi) is 4.24. The number of anilines is 1. The Bertz CT molecular complexity index is 418. The van der Waals surface area contributed by atoms with E-state index in [9.17, 15) is 9.59 Å². The van der Waals surface area contributed by atoms with E-state index in [1.807, 2.05) is 26.0 Å². The topological polar surface area (TPSA) is 46.2 Å². The van der Waals surface area contributed by atoms with Gasteiger partial charge in [0.2, 0.25) is 5.91 Å². The molecule has 0 heterocycles. The van der Waals surface area contributed by atoms with E-state index in [1.165, 1.54) is 6.92 Å². The van der Waals surface area contributed by atoms with E-state index in [-0.39, 0.29) is 18.1 Å². The number of nitrogens with one attached hydrogen (secondary N) is 1. The number of halogens is 1. The number of aryl methyl sites for hydroxylation is 2. The minimum atomic E-state index is -0.278. The number of rotatable bonds is 3. The number of hydrogen-bond acceptors (Lipinski definition) is 2. The van der Waals surface area contributed by atoms with Crippen molar-refractivity contribution >= 4 is 33.3 Å². The van der Waals surface area contributed by atoms with E-state index >= 15 is 0 Å². The average molecular weight is 284 g/mol. The van der Waals surface area contributed by atoms with Crippen LogP contribution in [-0.4, -0.2) is 11.7 Å². The van der Waals surface area contributed by atoms with Gasteiger partial charge in [0.25, 0.3) is 0 Å². The van der Waals surface area contributed by atoms with Gasteiger partial charge in [-0.2, -0.15) is 0 Å². The first-order chi connectivity index (χ1) is 7.40. The fourth-order valence-corrected chi connectivity index (χ4v) is 2.26. The molecule has 1 aromatic rings. The molecule has 0 unspecified atom stereocenters. The predicted molar refractivity (Wildman–Crippen MR) is 67.5 cm³/mol. The first-order valence-corrected chi connectivity index (χ1v) is 5.75. The molecule has 0 aliphatic rings. The monoisotopic (exact) mass is 283 g/mol. The van der Waals surface area contributed by atoms with Crippen LogP contribution in [0.25, 0.3) is 0 Å². The van der Waals surface area contributed by atoms with Gasteiger partial charge in [-0.25, -0.2) is 0 Å². The first-order valence-electron chi connectivity index (χ1n) is 4.96. The maximum absolute atomic E-state index is 11.5. The van der Waals surface area contributed by atoms with Crippen LogP contribution in [0.4, 0.5) is 5.69 Å². The molecule has 1 N–H and O–H groups in total. The van der Waals surface area contributed by atoms with Crippen molar-refractivity contribution in [3.8, 4) is 0 Å². The molecular formula is C12H14BrNO2. The van der Waals surface area contributed by atoms with Crippen LogP contribution >= 0.6 is 15.9 Å². The van der Waals surface area contributed by atoms with Gasteiger partial charge in [-0.3, -0.25) is 9.59 Å². The molecule has 16 heavy (non-hydrogen) atoms. The van der Waals surface area contributed by atoms with E-state index in [4.69, 9.17) is 0 Å². The Labute approximate surface area is 103 Å². The largest absolute Gasteiger partial charge is 0.324 e. The number of carbonyl (C=O) groups excluding carboxylic acids is 2. The van der Waals surface area contributed by atoms with E-state index in [2.05, 4.69) is 21.2 Å². The van der Waals surface area contributed by atoms with Gasteiger partial charge in [-0.05, 0) is 53.9 Å². The van der Waals surface area contributed by atoms with Gasteiger partial charge in [0, 0.05) is 4.47 Å². The standard InChI is InChI=1S/C12H14BrNO2/c1-7-4-8(2)12(10(13)5-7)14-11(16)6-9(3)15/h4-5H,6H2,1-3H3,(H,14,16). The minimum absolute atomic E-state index is 0.0836. The average Bonchev–Trinajstić information content (AvgIpc) is 2.09. The summed E-state index contributed by atoms with van der Waals surface area (Å²) in [5.41, 5.74) is 2.83. The summed E-state index contributed by atoms with van der Waals surface area (Å²) in [7, 11) is 0. The quantitative estimate of drug-likeness (QED) is 0.867. The van der Waals surface area contributed by atoms with E-state index in [0.29, 0.717) is 0 Å². The molecule has 1 amide bonds. The molecule has 0 aliphatic heterocycles. The molecule has 3 nitrogen and oxygen atoms in total. The lowest BCUT2D eigenvalue weighted by molar-refractivity contribution is -0.124. The lowest BCUT2D eigenvalue weighted by Crippen LogP contribution is -2.15. The molecule has 0 bridgehead atoms. The molecule has 0 atom stereocenters. The molecule has 1 rings (SSSR count). The normalized spacial score (nSPS) is 10.0. The third kappa shape index (κ3) is 3.45. The zero-order valence-corrected chi connectivity index (χ0v) is 11.1. The van der Waals surface area contributed by atoms with Crippen LogP contribution in [0.3, 0.4) is 0 Å². The molecule has 0 radical (unpaired) electrons. The van der Waals surface area contributed by atoms with Crippen LogP contribution in [0, 0.1) is 13.8 Å². The van der Waals surface area contributed by atoms with Crippen molar-refractivity contribution in [2.24, 2.45) is 0 Å². The van der Waals surface area contributed by atoms with Crippen LogP contribution in [-0.2, 0) is 9.59 Å². The minimum Gasteiger partial charge on any atom is -0.324 e. The van der Waals surface area contributed by atoms with Crippen LogP contribution in [0.2, 0.25) is 0 Å². The lowest BCUT2D eigenvalue weighted by Gasteiger charge is -2.11. The van der Waals surface area contributed by atoms with E-state index < -0.39 is 0 Å². The lowest BCUT2D eigenvalue weighted by atomic mass is 10.1. The molecular weight excluding hydrogens is 270 g/mol. The van der Waals surface area contributed by atoms with Crippen molar-refractivity contribution in [1.82, 2.24) is 0 Å². The summed E-state index contributed by atoms with van der Waals surface area (Å²) >= 11 is 3.39. The number of carbonyl (C=O) groups is 2. The summed E-state index contributed by atoms with van der Waals surface area (Å²) in [6.45, 7) is 5.30. The number of benzene rings is 1. The summed E-state index contributed by atoms with van der Waals surface area (Å²) in [6, 6.07) is 3.91. The Morgan fingerprint density at radius 2 is 1.94 bits per heavy atom. The van der Waals surface area contributed by atoms with E-state index in [0.717, 1.165) is 21.3 Å². The Hall–Kier alpha value is -1.16. The number of Topliss-reactive ketones (excluding diaryl/α,β-unsaturated/α-hetero) is 1. The van der Waals surface area contributed by atoms with Gasteiger partial charge in [0.05, 0.1) is 12.1 Å². The molecule has 0 spiro atoms. The first kappa shape index (κ1) is 12.9. The van der Waals surface area contributed by atoms with Crippen LogP contribution < -0.4 is 5.32 Å². The zero-order valence-electron chi connectivity index (χ0n) is 9.56. The second-order valence-corrected chi connectivity index (χ2v) is 4.72. The van der Waals surface area contributed by atoms with Gasteiger partial charge >= 0.3 is 0 Å². The van der Waals surface area contributed by atoms with Crippen LogP contribution in [0.1, 0.15) is 24.5 Å². The highest BCUT2D eigenvalue weighted by Crippen LogP contribution is 2.27. The number of amides is 1.